The Morgan fingerprint density at radius 1 is 1.04 bits per heavy atom. The maximum Gasteiger partial charge on any atom is 0.251 e. The molecule has 23 heavy (non-hydrogen) atoms. The first kappa shape index (κ1) is 15.3. The van der Waals surface area contributed by atoms with Gasteiger partial charge in [-0.05, 0) is 23.6 Å². The summed E-state index contributed by atoms with van der Waals surface area (Å²) in [5, 5.41) is 3.15. The molecule has 1 amide bonds. The minimum absolute atomic E-state index is 0.0122. The van der Waals surface area contributed by atoms with Gasteiger partial charge in [-0.15, -0.1) is 0 Å². The molecule has 0 aliphatic carbocycles. The van der Waals surface area contributed by atoms with Crippen LogP contribution in [-0.2, 0) is 4.79 Å². The summed E-state index contributed by atoms with van der Waals surface area (Å²) in [4.78, 5) is 12.6. The number of carbonyl (C=O) groups excluding carboxylic acids is 1. The highest BCUT2D eigenvalue weighted by Crippen LogP contribution is 2.27. The van der Waals surface area contributed by atoms with Crippen LogP contribution in [0.5, 0.6) is 5.75 Å². The topological polar surface area (TPSA) is 38.3 Å². The van der Waals surface area contributed by atoms with Crippen LogP contribution in [-0.4, -0.2) is 12.5 Å². The van der Waals surface area contributed by atoms with Gasteiger partial charge in [0.25, 0.3) is 5.91 Å². The summed E-state index contributed by atoms with van der Waals surface area (Å²) in [7, 11) is 0. The maximum atomic E-state index is 12.6. The molecule has 1 aliphatic rings. The van der Waals surface area contributed by atoms with Crippen LogP contribution in [0.25, 0.3) is 6.08 Å². The first-order chi connectivity index (χ1) is 11.1. The normalized spacial score (nSPS) is 14.5. The highest BCUT2D eigenvalue weighted by molar-refractivity contribution is 5.99. The lowest BCUT2D eigenvalue weighted by atomic mass is 9.95. The molecule has 1 aliphatic heterocycles. The fourth-order valence-corrected chi connectivity index (χ4v) is 2.78. The van der Waals surface area contributed by atoms with E-state index in [1.54, 1.807) is 0 Å². The number of rotatable bonds is 4. The number of hydrogen-bond donors (Lipinski definition) is 1. The van der Waals surface area contributed by atoms with Crippen LogP contribution in [0.1, 0.15) is 31.0 Å². The standard InChI is InChI=1S/C20H21NO2/c1-14(2)19(15-8-4-3-5-9-15)21-20(22)17-12-16-10-6-7-11-18(16)23-13-17/h3-12,14,19H,13H2,1-2H3,(H,21,22). The van der Waals surface area contributed by atoms with Gasteiger partial charge in [0, 0.05) is 5.56 Å². The molecule has 0 aromatic heterocycles. The van der Waals surface area contributed by atoms with Crippen molar-refractivity contribution in [2.45, 2.75) is 19.9 Å². The van der Waals surface area contributed by atoms with Gasteiger partial charge >= 0.3 is 0 Å². The average Bonchev–Trinajstić information content (AvgIpc) is 2.59. The summed E-state index contributed by atoms with van der Waals surface area (Å²) in [6, 6.07) is 17.8. The number of carbonyl (C=O) groups is 1. The molecule has 1 atom stereocenters. The Labute approximate surface area is 137 Å². The van der Waals surface area contributed by atoms with Gasteiger partial charge in [0.15, 0.2) is 0 Å². The van der Waals surface area contributed by atoms with Crippen molar-refractivity contribution in [2.75, 3.05) is 6.61 Å². The molecule has 2 aromatic rings. The van der Waals surface area contributed by atoms with Gasteiger partial charge in [0.1, 0.15) is 12.4 Å². The zero-order valence-electron chi connectivity index (χ0n) is 13.5. The molecule has 3 heteroatoms. The average molecular weight is 307 g/mol. The fraction of sp³-hybridized carbons (Fsp3) is 0.250. The highest BCUT2D eigenvalue weighted by Gasteiger charge is 2.22. The van der Waals surface area contributed by atoms with E-state index in [-0.39, 0.29) is 11.9 Å². The van der Waals surface area contributed by atoms with Gasteiger partial charge in [-0.2, -0.15) is 0 Å². The third-order valence-corrected chi connectivity index (χ3v) is 4.04. The summed E-state index contributed by atoms with van der Waals surface area (Å²) in [5.74, 6) is 1.06. The van der Waals surface area contributed by atoms with Crippen molar-refractivity contribution in [1.82, 2.24) is 5.32 Å². The molecule has 1 unspecified atom stereocenters. The maximum absolute atomic E-state index is 12.6. The fourth-order valence-electron chi connectivity index (χ4n) is 2.78. The van der Waals surface area contributed by atoms with Crippen molar-refractivity contribution in [1.29, 1.82) is 0 Å². The Hall–Kier alpha value is -2.55. The van der Waals surface area contributed by atoms with Crippen molar-refractivity contribution in [3.63, 3.8) is 0 Å². The zero-order valence-corrected chi connectivity index (χ0v) is 13.5. The third-order valence-electron chi connectivity index (χ3n) is 4.04. The molecule has 0 bridgehead atoms. The molecule has 2 aromatic carbocycles. The van der Waals surface area contributed by atoms with Crippen LogP contribution < -0.4 is 10.1 Å². The quantitative estimate of drug-likeness (QED) is 0.928. The molecular formula is C20H21NO2. The smallest absolute Gasteiger partial charge is 0.251 e. The van der Waals surface area contributed by atoms with Crippen molar-refractivity contribution in [3.8, 4) is 5.75 Å². The Bertz CT molecular complexity index is 719. The second-order valence-corrected chi connectivity index (χ2v) is 6.10. The summed E-state index contributed by atoms with van der Waals surface area (Å²) >= 11 is 0. The second-order valence-electron chi connectivity index (χ2n) is 6.10. The minimum Gasteiger partial charge on any atom is -0.488 e. The number of fused-ring (bicyclic) bond motifs is 1. The van der Waals surface area contributed by atoms with Crippen molar-refractivity contribution in [3.05, 3.63) is 71.3 Å². The van der Waals surface area contributed by atoms with Gasteiger partial charge in [-0.25, -0.2) is 0 Å². The van der Waals surface area contributed by atoms with E-state index in [1.807, 2.05) is 60.7 Å². The predicted molar refractivity (Wildman–Crippen MR) is 92.1 cm³/mol. The SMILES string of the molecule is CC(C)C(NC(=O)C1=Cc2ccccc2OC1)c1ccccc1. The summed E-state index contributed by atoms with van der Waals surface area (Å²) < 4.78 is 5.68. The second kappa shape index (κ2) is 6.69. The Morgan fingerprint density at radius 2 is 1.74 bits per heavy atom. The third kappa shape index (κ3) is 3.45. The molecular weight excluding hydrogens is 286 g/mol. The molecule has 0 saturated heterocycles. The summed E-state index contributed by atoms with van der Waals surface area (Å²) in [5.41, 5.74) is 2.73. The van der Waals surface area contributed by atoms with Crippen LogP contribution in [0.15, 0.2) is 60.2 Å². The van der Waals surface area contributed by atoms with Crippen LogP contribution in [0.2, 0.25) is 0 Å². The number of para-hydroxylation sites is 1. The monoisotopic (exact) mass is 307 g/mol. The molecule has 3 rings (SSSR count). The van der Waals surface area contributed by atoms with Gasteiger partial charge in [0.05, 0.1) is 11.6 Å². The number of benzene rings is 2. The zero-order chi connectivity index (χ0) is 16.2. The lowest BCUT2D eigenvalue weighted by Crippen LogP contribution is -2.34. The molecule has 0 saturated carbocycles. The van der Waals surface area contributed by atoms with E-state index in [2.05, 4.69) is 19.2 Å². The van der Waals surface area contributed by atoms with E-state index < -0.39 is 0 Å². The van der Waals surface area contributed by atoms with Crippen LogP contribution in [0.3, 0.4) is 0 Å². The van der Waals surface area contributed by atoms with Crippen LogP contribution >= 0.6 is 0 Å². The molecule has 0 spiro atoms. The van der Waals surface area contributed by atoms with Crippen molar-refractivity contribution < 1.29 is 9.53 Å². The van der Waals surface area contributed by atoms with Gasteiger partial charge in [-0.3, -0.25) is 4.79 Å². The van der Waals surface area contributed by atoms with Gasteiger partial charge in [0.2, 0.25) is 0 Å². The number of hydrogen-bond acceptors (Lipinski definition) is 2. The highest BCUT2D eigenvalue weighted by atomic mass is 16.5. The van der Waals surface area contributed by atoms with Crippen molar-refractivity contribution >= 4 is 12.0 Å². The van der Waals surface area contributed by atoms with Crippen molar-refractivity contribution in [2.24, 2.45) is 5.92 Å². The summed E-state index contributed by atoms with van der Waals surface area (Å²) in [6.45, 7) is 4.53. The number of ether oxygens (including phenoxy) is 1. The molecule has 1 N–H and O–H groups in total. The van der Waals surface area contributed by atoms with Crippen LogP contribution in [0, 0.1) is 5.92 Å². The minimum atomic E-state index is -0.0675. The Morgan fingerprint density at radius 3 is 2.48 bits per heavy atom. The Kier molecular flexibility index (Phi) is 4.47. The van der Waals surface area contributed by atoms with E-state index in [0.717, 1.165) is 16.9 Å². The van der Waals surface area contributed by atoms with E-state index in [0.29, 0.717) is 18.1 Å². The molecule has 3 nitrogen and oxygen atoms in total. The lowest BCUT2D eigenvalue weighted by molar-refractivity contribution is -0.118. The molecule has 0 radical (unpaired) electrons. The molecule has 118 valence electrons. The molecule has 0 fully saturated rings. The number of nitrogens with one attached hydrogen (secondary N) is 1. The number of amides is 1. The van der Waals surface area contributed by atoms with E-state index in [4.69, 9.17) is 4.74 Å². The van der Waals surface area contributed by atoms with Crippen LogP contribution in [0.4, 0.5) is 0 Å². The summed E-state index contributed by atoms with van der Waals surface area (Å²) in [6.07, 6.45) is 1.91. The predicted octanol–water partition coefficient (Wildman–Crippen LogP) is 3.98. The first-order valence-corrected chi connectivity index (χ1v) is 7.93. The van der Waals surface area contributed by atoms with E-state index in [9.17, 15) is 4.79 Å². The van der Waals surface area contributed by atoms with E-state index in [1.165, 1.54) is 0 Å². The van der Waals surface area contributed by atoms with Gasteiger partial charge in [-0.1, -0.05) is 62.4 Å². The largest absolute Gasteiger partial charge is 0.488 e. The van der Waals surface area contributed by atoms with Gasteiger partial charge < -0.3 is 10.1 Å². The molecule has 1 heterocycles. The van der Waals surface area contributed by atoms with E-state index >= 15 is 0 Å². The first-order valence-electron chi connectivity index (χ1n) is 7.93. The Balaban J connectivity index is 1.80. The lowest BCUT2D eigenvalue weighted by Gasteiger charge is -2.25.